The van der Waals surface area contributed by atoms with Crippen LogP contribution in [0.1, 0.15) is 31.9 Å². The Bertz CT molecular complexity index is 1050. The Morgan fingerprint density at radius 1 is 1.06 bits per heavy atom. The molecule has 0 spiro atoms. The third-order valence-corrected chi connectivity index (χ3v) is 6.79. The van der Waals surface area contributed by atoms with Crippen LogP contribution in [0.4, 0.5) is 4.79 Å². The lowest BCUT2D eigenvalue weighted by Gasteiger charge is -2.32. The molecule has 0 bridgehead atoms. The van der Waals surface area contributed by atoms with Gasteiger partial charge in [0.05, 0.1) is 21.7 Å². The summed E-state index contributed by atoms with van der Waals surface area (Å²) in [5, 5.41) is 0. The van der Waals surface area contributed by atoms with Crippen LogP contribution >= 0.6 is 0 Å². The maximum absolute atomic E-state index is 13.9. The molecule has 1 atom stereocenters. The quantitative estimate of drug-likeness (QED) is 0.467. The van der Waals surface area contributed by atoms with Crippen LogP contribution in [0.25, 0.3) is 0 Å². The molecule has 1 aliphatic rings. The zero-order valence-corrected chi connectivity index (χ0v) is 23.0. The topological polar surface area (TPSA) is 59.1 Å². The number of hydrogen-bond acceptors (Lipinski definition) is 4. The van der Waals surface area contributed by atoms with Crippen molar-refractivity contribution in [3.05, 3.63) is 77.0 Å². The number of nitrogens with zero attached hydrogens (tertiary/aromatic N) is 2. The Balaban J connectivity index is 1.98. The highest BCUT2D eigenvalue weighted by Gasteiger charge is 2.43. The molecule has 0 aromatic heterocycles. The standard InChI is InChI=1S/C28H38N2O4Si/c1-28(2,3)34-27(32)30(18-21-11-9-8-10-12-21)25-23(20-35(5,6)7)19-29(26(25)31)17-22-13-15-24(33-4)16-14-22/h8-16,20,25H,17-19H2,1-7H3/b23-20+. The van der Waals surface area contributed by atoms with Crippen LogP contribution in [0, 0.1) is 0 Å². The van der Waals surface area contributed by atoms with Gasteiger partial charge in [-0.15, -0.1) is 0 Å². The summed E-state index contributed by atoms with van der Waals surface area (Å²) in [4.78, 5) is 30.7. The molecule has 3 rings (SSSR count). The zero-order chi connectivity index (χ0) is 25.8. The number of carbonyl (C=O) groups excluding carboxylic acids is 2. The molecule has 0 aliphatic carbocycles. The highest BCUT2D eigenvalue weighted by molar-refractivity contribution is 6.81. The van der Waals surface area contributed by atoms with Gasteiger partial charge in [0, 0.05) is 13.1 Å². The lowest BCUT2D eigenvalue weighted by atomic mass is 10.1. The van der Waals surface area contributed by atoms with E-state index in [1.54, 1.807) is 12.0 Å². The molecular formula is C28H38N2O4Si. The Kier molecular flexibility index (Phi) is 8.10. The van der Waals surface area contributed by atoms with Gasteiger partial charge < -0.3 is 14.4 Å². The van der Waals surface area contributed by atoms with Crippen molar-refractivity contribution in [1.29, 1.82) is 0 Å². The lowest BCUT2D eigenvalue weighted by Crippen LogP contribution is -2.47. The summed E-state index contributed by atoms with van der Waals surface area (Å²) in [5.74, 6) is 0.699. The van der Waals surface area contributed by atoms with E-state index in [9.17, 15) is 9.59 Å². The van der Waals surface area contributed by atoms with Crippen LogP contribution in [0.3, 0.4) is 0 Å². The molecule has 188 valence electrons. The van der Waals surface area contributed by atoms with Crippen molar-refractivity contribution >= 4 is 20.1 Å². The summed E-state index contributed by atoms with van der Waals surface area (Å²) >= 11 is 0. The van der Waals surface area contributed by atoms with E-state index in [1.165, 1.54) is 0 Å². The number of amides is 2. The van der Waals surface area contributed by atoms with Crippen molar-refractivity contribution in [2.24, 2.45) is 0 Å². The van der Waals surface area contributed by atoms with Crippen molar-refractivity contribution in [1.82, 2.24) is 9.80 Å². The van der Waals surface area contributed by atoms with E-state index >= 15 is 0 Å². The fourth-order valence-electron chi connectivity index (χ4n) is 4.18. The van der Waals surface area contributed by atoms with Gasteiger partial charge in [-0.2, -0.15) is 0 Å². The SMILES string of the molecule is COc1ccc(CN2C/C(=C\[Si](C)(C)C)C(N(Cc3ccccc3)C(=O)OC(C)(C)C)C2=O)cc1. The van der Waals surface area contributed by atoms with Crippen LogP contribution in [0.2, 0.25) is 19.6 Å². The van der Waals surface area contributed by atoms with Gasteiger partial charge in [-0.25, -0.2) is 4.79 Å². The Hall–Kier alpha value is -3.06. The third kappa shape index (κ3) is 7.46. The molecule has 0 radical (unpaired) electrons. The predicted molar refractivity (Wildman–Crippen MR) is 142 cm³/mol. The van der Waals surface area contributed by atoms with Gasteiger partial charge in [-0.3, -0.25) is 9.69 Å². The number of benzene rings is 2. The van der Waals surface area contributed by atoms with E-state index in [2.05, 4.69) is 25.3 Å². The molecule has 7 heteroatoms. The summed E-state index contributed by atoms with van der Waals surface area (Å²) in [5.41, 5.74) is 4.53. The first kappa shape index (κ1) is 26.5. The molecular weight excluding hydrogens is 456 g/mol. The Morgan fingerprint density at radius 2 is 1.69 bits per heavy atom. The van der Waals surface area contributed by atoms with Crippen LogP contribution in [0.15, 0.2) is 65.9 Å². The first-order valence-electron chi connectivity index (χ1n) is 12.0. The molecule has 1 aliphatic heterocycles. The number of rotatable bonds is 7. The third-order valence-electron chi connectivity index (χ3n) is 5.56. The van der Waals surface area contributed by atoms with Gasteiger partial charge in [-0.1, -0.05) is 67.8 Å². The molecule has 1 heterocycles. The van der Waals surface area contributed by atoms with E-state index in [0.29, 0.717) is 19.6 Å². The Labute approximate surface area is 210 Å². The largest absolute Gasteiger partial charge is 0.497 e. The highest BCUT2D eigenvalue weighted by Crippen LogP contribution is 2.29. The molecule has 1 unspecified atom stereocenters. The summed E-state index contributed by atoms with van der Waals surface area (Å²) < 4.78 is 11.0. The van der Waals surface area contributed by atoms with Gasteiger partial charge in [0.1, 0.15) is 17.4 Å². The van der Waals surface area contributed by atoms with Crippen LogP contribution in [0.5, 0.6) is 5.75 Å². The average molecular weight is 495 g/mol. The van der Waals surface area contributed by atoms with E-state index in [1.807, 2.05) is 80.3 Å². The van der Waals surface area contributed by atoms with Crippen molar-refractivity contribution < 1.29 is 19.1 Å². The number of carbonyl (C=O) groups is 2. The van der Waals surface area contributed by atoms with E-state index in [0.717, 1.165) is 22.4 Å². The van der Waals surface area contributed by atoms with Crippen LogP contribution < -0.4 is 4.74 Å². The maximum Gasteiger partial charge on any atom is 0.411 e. The fraction of sp³-hybridized carbons (Fsp3) is 0.429. The normalized spacial score (nSPS) is 17.6. The first-order chi connectivity index (χ1) is 16.4. The van der Waals surface area contributed by atoms with Crippen molar-refractivity contribution in [2.45, 2.75) is 65.1 Å². The maximum atomic E-state index is 13.9. The van der Waals surface area contributed by atoms with Gasteiger partial charge in [-0.05, 0) is 49.6 Å². The summed E-state index contributed by atoms with van der Waals surface area (Å²) in [6.45, 7) is 13.5. The second-order valence-corrected chi connectivity index (χ2v) is 16.1. The minimum absolute atomic E-state index is 0.0768. The van der Waals surface area contributed by atoms with Gasteiger partial charge in [0.25, 0.3) is 0 Å². The molecule has 0 N–H and O–H groups in total. The van der Waals surface area contributed by atoms with Crippen LogP contribution in [-0.2, 0) is 22.6 Å². The van der Waals surface area contributed by atoms with E-state index in [4.69, 9.17) is 9.47 Å². The molecule has 2 aromatic rings. The lowest BCUT2D eigenvalue weighted by molar-refractivity contribution is -0.132. The summed E-state index contributed by atoms with van der Waals surface area (Å²) in [7, 11) is -0.0494. The van der Waals surface area contributed by atoms with Crippen molar-refractivity contribution in [3.63, 3.8) is 0 Å². The van der Waals surface area contributed by atoms with E-state index < -0.39 is 25.8 Å². The first-order valence-corrected chi connectivity index (χ1v) is 15.6. The summed E-state index contributed by atoms with van der Waals surface area (Å²) in [6.07, 6.45) is -0.479. The zero-order valence-electron chi connectivity index (χ0n) is 22.0. The fourth-order valence-corrected chi connectivity index (χ4v) is 5.54. The van der Waals surface area contributed by atoms with E-state index in [-0.39, 0.29) is 5.91 Å². The number of likely N-dealkylation sites (tertiary alicyclic amines) is 1. The second-order valence-electron chi connectivity index (χ2n) is 11.1. The van der Waals surface area contributed by atoms with Crippen LogP contribution in [-0.4, -0.2) is 55.2 Å². The minimum atomic E-state index is -1.68. The van der Waals surface area contributed by atoms with Gasteiger partial charge in [0.15, 0.2) is 0 Å². The molecule has 6 nitrogen and oxygen atoms in total. The summed E-state index contributed by atoms with van der Waals surface area (Å²) in [6, 6.07) is 16.8. The average Bonchev–Trinajstić information content (AvgIpc) is 3.05. The van der Waals surface area contributed by atoms with Crippen molar-refractivity contribution in [2.75, 3.05) is 13.7 Å². The molecule has 2 amide bonds. The molecule has 1 saturated heterocycles. The predicted octanol–water partition coefficient (Wildman–Crippen LogP) is 5.65. The molecule has 35 heavy (non-hydrogen) atoms. The smallest absolute Gasteiger partial charge is 0.411 e. The number of hydrogen-bond donors (Lipinski definition) is 0. The minimum Gasteiger partial charge on any atom is -0.497 e. The Morgan fingerprint density at radius 3 is 2.23 bits per heavy atom. The highest BCUT2D eigenvalue weighted by atomic mass is 28.3. The van der Waals surface area contributed by atoms with Gasteiger partial charge in [0.2, 0.25) is 5.91 Å². The monoisotopic (exact) mass is 494 g/mol. The molecule has 2 aromatic carbocycles. The number of ether oxygens (including phenoxy) is 2. The number of methoxy groups -OCH3 is 1. The second kappa shape index (κ2) is 10.7. The molecule has 0 saturated carbocycles. The molecule has 1 fully saturated rings. The van der Waals surface area contributed by atoms with Gasteiger partial charge >= 0.3 is 6.09 Å². The van der Waals surface area contributed by atoms with Crippen molar-refractivity contribution in [3.8, 4) is 5.75 Å².